The van der Waals surface area contributed by atoms with Gasteiger partial charge in [-0.1, -0.05) is 90.1 Å². The van der Waals surface area contributed by atoms with Crippen LogP contribution in [-0.2, 0) is 33.1 Å². The summed E-state index contributed by atoms with van der Waals surface area (Å²) >= 11 is 0. The van der Waals surface area contributed by atoms with E-state index in [-0.39, 0.29) is 10.8 Å². The molecule has 0 aliphatic carbocycles. The molecule has 0 unspecified atom stereocenters. The van der Waals surface area contributed by atoms with E-state index in [1.807, 2.05) is 0 Å². The third-order valence-electron chi connectivity index (χ3n) is 4.86. The highest BCUT2D eigenvalue weighted by atomic mass is 16.7. The van der Waals surface area contributed by atoms with E-state index in [9.17, 15) is 4.79 Å². The van der Waals surface area contributed by atoms with Gasteiger partial charge in [0.15, 0.2) is 0 Å². The van der Waals surface area contributed by atoms with Gasteiger partial charge in [0, 0.05) is 12.8 Å². The predicted molar refractivity (Wildman–Crippen MR) is 115 cm³/mol. The standard InChI is InChI=1S/C25H34O3/c1-24(2,3)21-11-7-19(8-12-21)15-17-27-23(26)28-18-16-20-9-13-22(14-10-20)25(4,5)6/h7-14H,15-18H2,1-6H3. The van der Waals surface area contributed by atoms with Gasteiger partial charge in [-0.25, -0.2) is 4.79 Å². The molecular weight excluding hydrogens is 348 g/mol. The molecule has 0 heterocycles. The van der Waals surface area contributed by atoms with Crippen molar-refractivity contribution in [1.29, 1.82) is 0 Å². The Morgan fingerprint density at radius 3 is 1.25 bits per heavy atom. The zero-order valence-electron chi connectivity index (χ0n) is 18.2. The maximum absolute atomic E-state index is 11.8. The van der Waals surface area contributed by atoms with Crippen molar-refractivity contribution in [2.45, 2.75) is 65.2 Å². The van der Waals surface area contributed by atoms with E-state index in [0.717, 1.165) is 11.1 Å². The number of carbonyl (C=O) groups is 1. The molecule has 0 N–H and O–H groups in total. The molecule has 0 aliphatic heterocycles. The lowest BCUT2D eigenvalue weighted by atomic mass is 9.86. The second-order valence-electron chi connectivity index (χ2n) is 9.34. The zero-order chi connectivity index (χ0) is 20.8. The highest BCUT2D eigenvalue weighted by molar-refractivity contribution is 5.59. The number of ether oxygens (including phenoxy) is 2. The van der Waals surface area contributed by atoms with Crippen LogP contribution in [0.1, 0.15) is 63.8 Å². The maximum Gasteiger partial charge on any atom is 0.508 e. The van der Waals surface area contributed by atoms with E-state index in [1.165, 1.54) is 11.1 Å². The van der Waals surface area contributed by atoms with Gasteiger partial charge in [0.05, 0.1) is 13.2 Å². The molecule has 3 heteroatoms. The van der Waals surface area contributed by atoms with Crippen LogP contribution < -0.4 is 0 Å². The summed E-state index contributed by atoms with van der Waals surface area (Å²) in [6.45, 7) is 13.8. The van der Waals surface area contributed by atoms with E-state index in [1.54, 1.807) is 0 Å². The molecule has 2 rings (SSSR count). The van der Waals surface area contributed by atoms with Crippen LogP contribution >= 0.6 is 0 Å². The lowest BCUT2D eigenvalue weighted by Crippen LogP contribution is -2.13. The molecule has 28 heavy (non-hydrogen) atoms. The fourth-order valence-corrected chi connectivity index (χ4v) is 2.89. The number of hydrogen-bond donors (Lipinski definition) is 0. The minimum atomic E-state index is -0.599. The summed E-state index contributed by atoms with van der Waals surface area (Å²) in [6.07, 6.45) is 0.777. The predicted octanol–water partition coefficient (Wildman–Crippen LogP) is 6.22. The first-order valence-corrected chi connectivity index (χ1v) is 10.0. The average Bonchev–Trinajstić information content (AvgIpc) is 2.61. The minimum Gasteiger partial charge on any atom is -0.434 e. The number of carbonyl (C=O) groups excluding carboxylic acids is 1. The lowest BCUT2D eigenvalue weighted by molar-refractivity contribution is 0.0569. The normalized spacial score (nSPS) is 11.9. The van der Waals surface area contributed by atoms with Gasteiger partial charge in [-0.15, -0.1) is 0 Å². The summed E-state index contributed by atoms with van der Waals surface area (Å²) in [6, 6.07) is 16.9. The van der Waals surface area contributed by atoms with Crippen molar-refractivity contribution in [2.75, 3.05) is 13.2 Å². The SMILES string of the molecule is CC(C)(C)c1ccc(CCOC(=O)OCCc2ccc(C(C)(C)C)cc2)cc1. The quantitative estimate of drug-likeness (QED) is 0.556. The first kappa shape index (κ1) is 22.0. The Hall–Kier alpha value is -2.29. The first-order chi connectivity index (χ1) is 13.1. The molecule has 152 valence electrons. The van der Waals surface area contributed by atoms with E-state index in [4.69, 9.17) is 9.47 Å². The van der Waals surface area contributed by atoms with Crippen molar-refractivity contribution in [3.8, 4) is 0 Å². The molecule has 0 saturated carbocycles. The molecule has 2 aromatic carbocycles. The van der Waals surface area contributed by atoms with Crippen LogP contribution in [0.15, 0.2) is 48.5 Å². The maximum atomic E-state index is 11.8. The Morgan fingerprint density at radius 2 is 0.964 bits per heavy atom. The van der Waals surface area contributed by atoms with Gasteiger partial charge >= 0.3 is 6.16 Å². The second kappa shape index (κ2) is 9.27. The lowest BCUT2D eigenvalue weighted by Gasteiger charge is -2.19. The highest BCUT2D eigenvalue weighted by Gasteiger charge is 2.14. The van der Waals surface area contributed by atoms with E-state index in [2.05, 4.69) is 90.1 Å². The molecule has 0 radical (unpaired) electrons. The van der Waals surface area contributed by atoms with Gasteiger partial charge in [-0.2, -0.15) is 0 Å². The smallest absolute Gasteiger partial charge is 0.434 e. The second-order valence-corrected chi connectivity index (χ2v) is 9.34. The van der Waals surface area contributed by atoms with E-state index < -0.39 is 6.16 Å². The summed E-state index contributed by atoms with van der Waals surface area (Å²) in [5, 5.41) is 0. The highest BCUT2D eigenvalue weighted by Crippen LogP contribution is 2.23. The molecule has 0 amide bonds. The van der Waals surface area contributed by atoms with Crippen molar-refractivity contribution in [2.24, 2.45) is 0 Å². The van der Waals surface area contributed by atoms with Gasteiger partial charge in [0.1, 0.15) is 0 Å². The molecule has 3 nitrogen and oxygen atoms in total. The van der Waals surface area contributed by atoms with Crippen LogP contribution in [0, 0.1) is 0 Å². The van der Waals surface area contributed by atoms with Crippen LogP contribution in [0.5, 0.6) is 0 Å². The molecule has 0 spiro atoms. The van der Waals surface area contributed by atoms with Crippen LogP contribution in [0.2, 0.25) is 0 Å². The number of rotatable bonds is 6. The third kappa shape index (κ3) is 7.03. The average molecular weight is 383 g/mol. The molecule has 0 aromatic heterocycles. The van der Waals surface area contributed by atoms with Crippen molar-refractivity contribution in [3.63, 3.8) is 0 Å². The summed E-state index contributed by atoms with van der Waals surface area (Å²) in [5.74, 6) is 0. The number of hydrogen-bond acceptors (Lipinski definition) is 3. The monoisotopic (exact) mass is 382 g/mol. The van der Waals surface area contributed by atoms with Crippen LogP contribution in [0.25, 0.3) is 0 Å². The van der Waals surface area contributed by atoms with E-state index in [0.29, 0.717) is 26.1 Å². The molecule has 0 fully saturated rings. The fraction of sp³-hybridized carbons (Fsp3) is 0.480. The van der Waals surface area contributed by atoms with Crippen molar-refractivity contribution in [1.82, 2.24) is 0 Å². The van der Waals surface area contributed by atoms with Gasteiger partial charge < -0.3 is 9.47 Å². The topological polar surface area (TPSA) is 35.5 Å². The molecule has 0 saturated heterocycles. The third-order valence-corrected chi connectivity index (χ3v) is 4.86. The van der Waals surface area contributed by atoms with E-state index >= 15 is 0 Å². The van der Waals surface area contributed by atoms with Gasteiger partial charge in [-0.3, -0.25) is 0 Å². The van der Waals surface area contributed by atoms with Crippen LogP contribution in [-0.4, -0.2) is 19.4 Å². The fourth-order valence-electron chi connectivity index (χ4n) is 2.89. The minimum absolute atomic E-state index is 0.145. The molecule has 0 atom stereocenters. The summed E-state index contributed by atoms with van der Waals surface area (Å²) < 4.78 is 10.4. The van der Waals surface area contributed by atoms with Gasteiger partial charge in [0.25, 0.3) is 0 Å². The zero-order valence-corrected chi connectivity index (χ0v) is 18.2. The molecule has 0 bridgehead atoms. The molecule has 2 aromatic rings. The largest absolute Gasteiger partial charge is 0.508 e. The van der Waals surface area contributed by atoms with Gasteiger partial charge in [-0.05, 0) is 33.1 Å². The Balaban J connectivity index is 1.67. The van der Waals surface area contributed by atoms with Crippen LogP contribution in [0.4, 0.5) is 4.79 Å². The van der Waals surface area contributed by atoms with Crippen molar-refractivity contribution in [3.05, 3.63) is 70.8 Å². The Morgan fingerprint density at radius 1 is 0.643 bits per heavy atom. The Labute approximate surface area is 170 Å². The van der Waals surface area contributed by atoms with Gasteiger partial charge in [0.2, 0.25) is 0 Å². The Bertz CT molecular complexity index is 679. The van der Waals surface area contributed by atoms with Crippen LogP contribution in [0.3, 0.4) is 0 Å². The molecular formula is C25H34O3. The van der Waals surface area contributed by atoms with Crippen molar-refractivity contribution >= 4 is 6.16 Å². The first-order valence-electron chi connectivity index (χ1n) is 10.0. The molecule has 0 aliphatic rings. The Kier molecular flexibility index (Phi) is 7.29. The summed E-state index contributed by atoms with van der Waals surface area (Å²) in [5.41, 5.74) is 5.19. The number of benzene rings is 2. The summed E-state index contributed by atoms with van der Waals surface area (Å²) in [4.78, 5) is 11.8. The van der Waals surface area contributed by atoms with Crippen molar-refractivity contribution < 1.29 is 14.3 Å². The summed E-state index contributed by atoms with van der Waals surface area (Å²) in [7, 11) is 0.